The number of nitrogens with zero attached hydrogens (tertiary/aromatic N) is 8. The Balaban J connectivity index is 0.733. The summed E-state index contributed by atoms with van der Waals surface area (Å²) in [5, 5.41) is 20.1. The van der Waals surface area contributed by atoms with Crippen LogP contribution in [0.4, 0.5) is 14.5 Å². The van der Waals surface area contributed by atoms with E-state index in [1.165, 1.54) is 12.1 Å². The molecule has 2 unspecified atom stereocenters. The molecular weight excluding hydrogens is 837 g/mol. The van der Waals surface area contributed by atoms with Gasteiger partial charge in [-0.15, -0.1) is 0 Å². The quantitative estimate of drug-likeness (QED) is 0.136. The van der Waals surface area contributed by atoms with Crippen LogP contribution in [0.1, 0.15) is 44.6 Å². The van der Waals surface area contributed by atoms with Gasteiger partial charge in [-0.3, -0.25) is 39.5 Å². The van der Waals surface area contributed by atoms with Crippen LogP contribution in [0.25, 0.3) is 33.4 Å². The van der Waals surface area contributed by atoms with Crippen LogP contribution in [0.5, 0.6) is 5.75 Å². The molecule has 5 aromatic rings. The van der Waals surface area contributed by atoms with Gasteiger partial charge in [0, 0.05) is 87.6 Å². The first-order valence-electron chi connectivity index (χ1n) is 22.1. The molecule has 2 N–H and O–H groups in total. The summed E-state index contributed by atoms with van der Waals surface area (Å²) in [4.78, 5) is 54.3. The average molecular weight is 888 g/mol. The first-order valence-corrected chi connectivity index (χ1v) is 22.1. The second-order valence-corrected chi connectivity index (χ2v) is 17.5. The van der Waals surface area contributed by atoms with E-state index in [1.807, 2.05) is 28.0 Å². The highest BCUT2D eigenvalue weighted by atomic mass is 19.1. The first-order chi connectivity index (χ1) is 31.4. The van der Waals surface area contributed by atoms with Gasteiger partial charge in [0.1, 0.15) is 29.6 Å². The van der Waals surface area contributed by atoms with E-state index in [9.17, 15) is 19.5 Å². The average Bonchev–Trinajstić information content (AvgIpc) is 3.94. The van der Waals surface area contributed by atoms with Crippen molar-refractivity contribution < 1.29 is 37.7 Å². The van der Waals surface area contributed by atoms with Crippen LogP contribution in [0.2, 0.25) is 0 Å². The second-order valence-electron chi connectivity index (χ2n) is 17.5. The Morgan fingerprint density at radius 2 is 1.72 bits per heavy atom. The smallest absolute Gasteiger partial charge is 0.235 e. The molecule has 15 nitrogen and oxygen atoms in total. The predicted molar refractivity (Wildman–Crippen MR) is 238 cm³/mol. The predicted octanol–water partition coefficient (Wildman–Crippen LogP) is 4.30. The molecule has 0 saturated carbocycles. The molecule has 3 amide bonds. The van der Waals surface area contributed by atoms with Gasteiger partial charge in [-0.1, -0.05) is 24.0 Å². The minimum Gasteiger partial charge on any atom is -0.481 e. The molecule has 3 aromatic carbocycles. The number of aliphatic hydroxyl groups is 1. The van der Waals surface area contributed by atoms with Gasteiger partial charge in [-0.25, -0.2) is 13.8 Å². The van der Waals surface area contributed by atoms with Crippen molar-refractivity contribution in [3.05, 3.63) is 90.4 Å². The maximum atomic E-state index is 15.4. The zero-order valence-electron chi connectivity index (χ0n) is 36.3. The van der Waals surface area contributed by atoms with Gasteiger partial charge in [-0.05, 0) is 80.8 Å². The van der Waals surface area contributed by atoms with E-state index in [0.717, 1.165) is 44.7 Å². The molecule has 4 saturated heterocycles. The lowest BCUT2D eigenvalue weighted by atomic mass is 9.79. The van der Waals surface area contributed by atoms with Crippen molar-refractivity contribution in [3.63, 3.8) is 0 Å². The highest BCUT2D eigenvalue weighted by molar-refractivity contribution is 6.07. The first kappa shape index (κ1) is 43.9. The largest absolute Gasteiger partial charge is 0.481 e. The van der Waals surface area contributed by atoms with Crippen molar-refractivity contribution in [3.8, 4) is 40.0 Å². The number of halogens is 2. The van der Waals surface area contributed by atoms with Crippen molar-refractivity contribution in [2.45, 2.75) is 51.2 Å². The van der Waals surface area contributed by atoms with Crippen LogP contribution in [0, 0.1) is 28.9 Å². The normalized spacial score (nSPS) is 20.5. The third kappa shape index (κ3) is 9.86. The molecule has 9 rings (SSSR count). The number of aromatic nitrogens is 4. The molecule has 4 fully saturated rings. The summed E-state index contributed by atoms with van der Waals surface area (Å²) in [5.41, 5.74) is 2.13. The standard InChI is InChI=1S/C48H51F2N9O6/c1-47(63,13-4-22-65-36-9-7-35(8-10-36)58-32-48(27-44(58)61)14-11-43(60)54-46(48)62)12-3-15-55-16-18-57(19-17-55)59-30-34(28-52-59)42-29-51-41-6-2-5-37(45(41)53-42)33-25-39(49)38(40(50)26-33)31-56-20-23-64-24-21-56/h2,5-10,25-26,28-30,63H,3,11-12,14-24,27,31-32H2,1H3,(H,54,60,62). The SMILES string of the molecule is CC(O)(C#CCOc1ccc(N2CC3(CCC(=O)NC3=O)CC2=O)cc1)CCCN1CCN(n2cc(-c3cnc4cccc(-c5cc(F)c(CN6CCOCC6)c(F)c5)c4n3)cn2)CC1. The van der Waals surface area contributed by atoms with E-state index >= 15 is 8.78 Å². The van der Waals surface area contributed by atoms with Crippen LogP contribution >= 0.6 is 0 Å². The highest BCUT2D eigenvalue weighted by Gasteiger charge is 2.51. The number of morpholine rings is 1. The number of nitrogens with one attached hydrogen (secondary N) is 1. The number of fused-ring (bicyclic) bond motifs is 1. The molecule has 17 heteroatoms. The zero-order valence-corrected chi connectivity index (χ0v) is 36.3. The van der Waals surface area contributed by atoms with Crippen molar-refractivity contribution >= 4 is 34.4 Å². The van der Waals surface area contributed by atoms with Gasteiger partial charge >= 0.3 is 0 Å². The molecule has 0 aliphatic carbocycles. The van der Waals surface area contributed by atoms with Crippen molar-refractivity contribution in [1.29, 1.82) is 0 Å². The third-order valence-corrected chi connectivity index (χ3v) is 12.8. The fourth-order valence-electron chi connectivity index (χ4n) is 9.01. The summed E-state index contributed by atoms with van der Waals surface area (Å²) < 4.78 is 42.0. The fraction of sp³-hybridized carbons (Fsp3) is 0.417. The number of ether oxygens (including phenoxy) is 2. The van der Waals surface area contributed by atoms with E-state index in [1.54, 1.807) is 54.5 Å². The second kappa shape index (κ2) is 18.6. The van der Waals surface area contributed by atoms with Gasteiger partial charge in [0.25, 0.3) is 0 Å². The minimum absolute atomic E-state index is 0.0453. The van der Waals surface area contributed by atoms with Gasteiger partial charge in [0.05, 0.1) is 53.9 Å². The summed E-state index contributed by atoms with van der Waals surface area (Å²) in [5.74, 6) is 4.39. The topological polar surface area (TPSA) is 158 Å². The lowest BCUT2D eigenvalue weighted by Crippen LogP contribution is -2.51. The van der Waals surface area contributed by atoms with Crippen LogP contribution in [0.3, 0.4) is 0 Å². The summed E-state index contributed by atoms with van der Waals surface area (Å²) in [6.07, 6.45) is 7.25. The van der Waals surface area contributed by atoms with Gasteiger partial charge < -0.3 is 19.5 Å². The Bertz CT molecular complexity index is 2630. The monoisotopic (exact) mass is 887 g/mol. The number of piperazine rings is 1. The molecule has 2 aromatic heterocycles. The van der Waals surface area contributed by atoms with Crippen molar-refractivity contribution in [1.82, 2.24) is 35.0 Å². The molecule has 4 aliphatic rings. The maximum absolute atomic E-state index is 15.4. The van der Waals surface area contributed by atoms with E-state index in [2.05, 4.69) is 37.1 Å². The number of hydrogen-bond donors (Lipinski definition) is 2. The van der Waals surface area contributed by atoms with Crippen LogP contribution < -0.4 is 20.0 Å². The summed E-state index contributed by atoms with van der Waals surface area (Å²) in [6, 6.07) is 15.2. The van der Waals surface area contributed by atoms with Crippen molar-refractivity contribution in [2.75, 3.05) is 82.1 Å². The molecule has 1 spiro atoms. The number of piperidine rings is 1. The van der Waals surface area contributed by atoms with Crippen LogP contribution in [-0.2, 0) is 25.7 Å². The lowest BCUT2D eigenvalue weighted by molar-refractivity contribution is -0.142. The molecule has 0 radical (unpaired) electrons. The Labute approximate surface area is 375 Å². The number of anilines is 1. The lowest BCUT2D eigenvalue weighted by Gasteiger charge is -2.35. The third-order valence-electron chi connectivity index (χ3n) is 12.8. The number of carbonyl (C=O) groups is 3. The molecule has 4 aliphatic heterocycles. The number of carbonyl (C=O) groups excluding carboxylic acids is 3. The number of para-hydroxylation sites is 1. The molecule has 338 valence electrons. The van der Waals surface area contributed by atoms with Crippen LogP contribution in [0.15, 0.2) is 73.2 Å². The Hall–Kier alpha value is -6.32. The molecule has 2 atom stereocenters. The highest BCUT2D eigenvalue weighted by Crippen LogP contribution is 2.40. The summed E-state index contributed by atoms with van der Waals surface area (Å²) >= 11 is 0. The molecule has 6 heterocycles. The van der Waals surface area contributed by atoms with Gasteiger partial charge in [0.2, 0.25) is 17.7 Å². The van der Waals surface area contributed by atoms with Crippen molar-refractivity contribution in [2.24, 2.45) is 5.41 Å². The number of hydrogen-bond acceptors (Lipinski definition) is 12. The molecule has 0 bridgehead atoms. The van der Waals surface area contributed by atoms with Crippen LogP contribution in [-0.4, -0.2) is 130 Å². The Morgan fingerprint density at radius 3 is 2.48 bits per heavy atom. The maximum Gasteiger partial charge on any atom is 0.235 e. The van der Waals surface area contributed by atoms with E-state index in [0.29, 0.717) is 78.4 Å². The zero-order chi connectivity index (χ0) is 45.1. The van der Waals surface area contributed by atoms with Gasteiger partial charge in [0.15, 0.2) is 0 Å². The number of imide groups is 1. The Kier molecular flexibility index (Phi) is 12.6. The van der Waals surface area contributed by atoms with E-state index in [4.69, 9.17) is 14.5 Å². The summed E-state index contributed by atoms with van der Waals surface area (Å²) in [6.45, 7) is 8.47. The van der Waals surface area contributed by atoms with E-state index < -0.39 is 22.7 Å². The Morgan fingerprint density at radius 1 is 0.954 bits per heavy atom. The van der Waals surface area contributed by atoms with E-state index in [-0.39, 0.29) is 55.8 Å². The molecular formula is C48H51F2N9O6. The number of rotatable bonds is 12. The van der Waals surface area contributed by atoms with Gasteiger partial charge in [-0.2, -0.15) is 9.89 Å². The fourth-order valence-corrected chi connectivity index (χ4v) is 9.01. The molecule has 65 heavy (non-hydrogen) atoms. The summed E-state index contributed by atoms with van der Waals surface area (Å²) in [7, 11) is 0. The number of amides is 3. The number of benzene rings is 3. The minimum atomic E-state index is -1.19.